The van der Waals surface area contributed by atoms with Gasteiger partial charge in [0, 0.05) is 31.6 Å². The molecule has 2 saturated heterocycles. The first-order valence-electron chi connectivity index (χ1n) is 8.00. The molecule has 1 aromatic rings. The Labute approximate surface area is 149 Å². The second-order valence-corrected chi connectivity index (χ2v) is 8.53. The molecule has 2 aliphatic rings. The molecular formula is C16H21N3O5S. The van der Waals surface area contributed by atoms with Crippen LogP contribution in [0, 0.1) is 11.3 Å². The third-order valence-corrected chi connectivity index (χ3v) is 5.30. The standard InChI is InChI=1S/C16H21N3O5S/c1-15(2,3)24-14(23)19-7-16(8-19)6-18(5-10(16)13(21)22)12(20)11-4-17-9-25-11/h4,9-10H,5-8H2,1-3H3,(H,21,22). The molecule has 0 aliphatic carbocycles. The van der Waals surface area contributed by atoms with Crippen LogP contribution in [-0.2, 0) is 9.53 Å². The van der Waals surface area contributed by atoms with Crippen LogP contribution in [0.3, 0.4) is 0 Å². The average molecular weight is 367 g/mol. The lowest BCUT2D eigenvalue weighted by molar-refractivity contribution is -0.149. The van der Waals surface area contributed by atoms with Crippen LogP contribution in [-0.4, -0.2) is 69.6 Å². The summed E-state index contributed by atoms with van der Waals surface area (Å²) in [6, 6.07) is 0. The van der Waals surface area contributed by atoms with Crippen molar-refractivity contribution in [2.45, 2.75) is 26.4 Å². The van der Waals surface area contributed by atoms with Gasteiger partial charge < -0.3 is 19.6 Å². The van der Waals surface area contributed by atoms with E-state index in [0.717, 1.165) is 0 Å². The van der Waals surface area contributed by atoms with Crippen molar-refractivity contribution in [1.82, 2.24) is 14.8 Å². The lowest BCUT2D eigenvalue weighted by Gasteiger charge is -2.49. The van der Waals surface area contributed by atoms with Gasteiger partial charge in [-0.05, 0) is 20.8 Å². The summed E-state index contributed by atoms with van der Waals surface area (Å²) in [5.41, 5.74) is 0.361. The molecule has 2 amide bonds. The molecule has 9 heteroatoms. The molecule has 1 atom stereocenters. The number of carbonyl (C=O) groups excluding carboxylic acids is 2. The molecule has 2 aliphatic heterocycles. The molecule has 0 aromatic carbocycles. The third-order valence-electron chi connectivity index (χ3n) is 4.54. The number of ether oxygens (including phenoxy) is 1. The zero-order valence-corrected chi connectivity index (χ0v) is 15.2. The van der Waals surface area contributed by atoms with Crippen LogP contribution < -0.4 is 0 Å². The molecule has 3 heterocycles. The van der Waals surface area contributed by atoms with Crippen LogP contribution in [0.15, 0.2) is 11.7 Å². The van der Waals surface area contributed by atoms with Gasteiger partial charge in [-0.25, -0.2) is 4.79 Å². The first kappa shape index (κ1) is 17.7. The Morgan fingerprint density at radius 3 is 2.44 bits per heavy atom. The number of hydrogen-bond donors (Lipinski definition) is 1. The summed E-state index contributed by atoms with van der Waals surface area (Å²) in [4.78, 5) is 43.8. The van der Waals surface area contributed by atoms with Gasteiger partial charge in [0.15, 0.2) is 0 Å². The van der Waals surface area contributed by atoms with Gasteiger partial charge in [-0.1, -0.05) is 0 Å². The molecule has 1 spiro atoms. The van der Waals surface area contributed by atoms with Crippen LogP contribution in [0.25, 0.3) is 0 Å². The number of likely N-dealkylation sites (tertiary alicyclic amines) is 2. The van der Waals surface area contributed by atoms with E-state index in [2.05, 4.69) is 4.98 Å². The zero-order valence-electron chi connectivity index (χ0n) is 14.4. The molecule has 0 radical (unpaired) electrons. The molecule has 0 bridgehead atoms. The Kier molecular flexibility index (Phi) is 4.22. The highest BCUT2D eigenvalue weighted by Crippen LogP contribution is 2.45. The molecule has 1 aromatic heterocycles. The Bertz CT molecular complexity index is 691. The summed E-state index contributed by atoms with van der Waals surface area (Å²) in [6.45, 7) is 6.38. The highest BCUT2D eigenvalue weighted by atomic mass is 32.1. The van der Waals surface area contributed by atoms with Crippen molar-refractivity contribution in [2.24, 2.45) is 11.3 Å². The van der Waals surface area contributed by atoms with Crippen LogP contribution in [0.1, 0.15) is 30.4 Å². The van der Waals surface area contributed by atoms with Crippen molar-refractivity contribution in [1.29, 1.82) is 0 Å². The van der Waals surface area contributed by atoms with Gasteiger partial charge in [0.1, 0.15) is 10.5 Å². The van der Waals surface area contributed by atoms with Gasteiger partial charge in [-0.2, -0.15) is 0 Å². The molecule has 8 nitrogen and oxygen atoms in total. The van der Waals surface area contributed by atoms with E-state index in [9.17, 15) is 19.5 Å². The maximum absolute atomic E-state index is 12.5. The Hall–Kier alpha value is -2.16. The Morgan fingerprint density at radius 1 is 1.28 bits per heavy atom. The van der Waals surface area contributed by atoms with Crippen molar-refractivity contribution >= 4 is 29.3 Å². The van der Waals surface area contributed by atoms with Crippen molar-refractivity contribution in [3.8, 4) is 0 Å². The molecule has 2 fully saturated rings. The Balaban J connectivity index is 1.70. The number of carbonyl (C=O) groups is 3. The van der Waals surface area contributed by atoms with Crippen LogP contribution >= 0.6 is 11.3 Å². The van der Waals surface area contributed by atoms with Gasteiger partial charge in [-0.15, -0.1) is 11.3 Å². The number of amides is 2. The quantitative estimate of drug-likeness (QED) is 0.851. The number of carboxylic acid groups (broad SMARTS) is 1. The van der Waals surface area contributed by atoms with E-state index in [1.165, 1.54) is 22.4 Å². The van der Waals surface area contributed by atoms with E-state index in [1.807, 2.05) is 0 Å². The second-order valence-electron chi connectivity index (χ2n) is 7.64. The molecule has 1 N–H and O–H groups in total. The minimum atomic E-state index is -0.941. The summed E-state index contributed by atoms with van der Waals surface area (Å²) < 4.78 is 5.33. The first-order valence-corrected chi connectivity index (χ1v) is 8.88. The summed E-state index contributed by atoms with van der Waals surface area (Å²) in [7, 11) is 0. The Morgan fingerprint density at radius 2 is 1.92 bits per heavy atom. The summed E-state index contributed by atoms with van der Waals surface area (Å²) in [5.74, 6) is -1.84. The maximum atomic E-state index is 12.5. The highest BCUT2D eigenvalue weighted by molar-refractivity contribution is 7.11. The lowest BCUT2D eigenvalue weighted by atomic mass is 9.72. The largest absolute Gasteiger partial charge is 0.481 e. The smallest absolute Gasteiger partial charge is 0.410 e. The van der Waals surface area contributed by atoms with Crippen LogP contribution in [0.4, 0.5) is 4.79 Å². The van der Waals surface area contributed by atoms with E-state index in [0.29, 0.717) is 11.4 Å². The number of aromatic nitrogens is 1. The molecular weight excluding hydrogens is 346 g/mol. The number of hydrogen-bond acceptors (Lipinski definition) is 6. The number of thiazole rings is 1. The third kappa shape index (κ3) is 3.33. The molecule has 136 valence electrons. The summed E-state index contributed by atoms with van der Waals surface area (Å²) in [6.07, 6.45) is 1.04. The predicted octanol–water partition coefficient (Wildman–Crippen LogP) is 1.54. The van der Waals surface area contributed by atoms with Crippen molar-refractivity contribution < 1.29 is 24.2 Å². The summed E-state index contributed by atoms with van der Waals surface area (Å²) in [5, 5.41) is 9.57. The van der Waals surface area contributed by atoms with Gasteiger partial charge in [0.2, 0.25) is 0 Å². The van der Waals surface area contributed by atoms with E-state index in [1.54, 1.807) is 31.2 Å². The van der Waals surface area contributed by atoms with Gasteiger partial charge >= 0.3 is 12.1 Å². The fraction of sp³-hybridized carbons (Fsp3) is 0.625. The van der Waals surface area contributed by atoms with Crippen LogP contribution in [0.2, 0.25) is 0 Å². The predicted molar refractivity (Wildman–Crippen MR) is 89.4 cm³/mol. The second kappa shape index (κ2) is 5.98. The minimum Gasteiger partial charge on any atom is -0.481 e. The maximum Gasteiger partial charge on any atom is 0.410 e. The fourth-order valence-electron chi connectivity index (χ4n) is 3.43. The highest BCUT2D eigenvalue weighted by Gasteiger charge is 2.59. The normalized spacial score (nSPS) is 22.0. The van der Waals surface area contributed by atoms with Crippen molar-refractivity contribution in [2.75, 3.05) is 26.2 Å². The van der Waals surface area contributed by atoms with Gasteiger partial charge in [-0.3, -0.25) is 14.6 Å². The van der Waals surface area contributed by atoms with E-state index < -0.39 is 29.0 Å². The van der Waals surface area contributed by atoms with Gasteiger partial charge in [0.05, 0.1) is 17.6 Å². The number of aliphatic carboxylic acids is 1. The van der Waals surface area contributed by atoms with Gasteiger partial charge in [0.25, 0.3) is 5.91 Å². The van der Waals surface area contributed by atoms with Crippen molar-refractivity contribution in [3.05, 3.63) is 16.6 Å². The molecule has 3 rings (SSSR count). The molecule has 25 heavy (non-hydrogen) atoms. The number of nitrogens with zero attached hydrogens (tertiary/aromatic N) is 3. The summed E-state index contributed by atoms with van der Waals surface area (Å²) >= 11 is 1.23. The van der Waals surface area contributed by atoms with E-state index >= 15 is 0 Å². The number of rotatable bonds is 2. The van der Waals surface area contributed by atoms with Crippen molar-refractivity contribution in [3.63, 3.8) is 0 Å². The number of carboxylic acids is 1. The first-order chi connectivity index (χ1) is 11.6. The van der Waals surface area contributed by atoms with Crippen LogP contribution in [0.5, 0.6) is 0 Å². The zero-order chi connectivity index (χ0) is 18.4. The molecule has 1 unspecified atom stereocenters. The monoisotopic (exact) mass is 367 g/mol. The SMILES string of the molecule is CC(C)(C)OC(=O)N1CC2(C1)CN(C(=O)c1cncs1)CC2C(=O)O. The topological polar surface area (TPSA) is 100 Å². The minimum absolute atomic E-state index is 0.147. The molecule has 0 saturated carbocycles. The van der Waals surface area contributed by atoms with E-state index in [-0.39, 0.29) is 25.5 Å². The van der Waals surface area contributed by atoms with E-state index in [4.69, 9.17) is 4.74 Å². The fourth-order valence-corrected chi connectivity index (χ4v) is 4.02. The average Bonchev–Trinajstić information content (AvgIpc) is 3.10. The lowest BCUT2D eigenvalue weighted by Crippen LogP contribution is -2.63.